The van der Waals surface area contributed by atoms with Crippen molar-refractivity contribution in [1.29, 1.82) is 0 Å². The Morgan fingerprint density at radius 3 is 1.40 bits per heavy atom. The van der Waals surface area contributed by atoms with Gasteiger partial charge in [-0.2, -0.15) is 0 Å². The van der Waals surface area contributed by atoms with Crippen LogP contribution in [-0.2, 0) is 11.0 Å². The number of rotatable bonds is 4. The van der Waals surface area contributed by atoms with E-state index >= 15 is 0 Å². The molecule has 1 aromatic rings. The average molecular weight is 379 g/mol. The molecule has 0 heterocycles. The first kappa shape index (κ1) is 22.7. The Hall–Kier alpha value is -0.386. The molecule has 0 aliphatic carbocycles. The minimum atomic E-state index is -1.69. The van der Waals surface area contributed by atoms with E-state index in [1.165, 1.54) is 5.56 Å². The SMILES string of the molecule is CC(C)(C)[Si](C)(C)OCc1ccc([Si](C)(C(C)(C)C)C(C)(C)C)cc1. The molecule has 0 N–H and O–H groups in total. The molecule has 144 valence electrons. The summed E-state index contributed by atoms with van der Waals surface area (Å²) in [5.41, 5.74) is 1.30. The summed E-state index contributed by atoms with van der Waals surface area (Å²) in [4.78, 5) is 0. The zero-order valence-corrected chi connectivity index (χ0v) is 20.9. The van der Waals surface area contributed by atoms with Crippen LogP contribution < -0.4 is 5.19 Å². The van der Waals surface area contributed by atoms with Gasteiger partial charge < -0.3 is 4.43 Å². The molecule has 0 aliphatic rings. The van der Waals surface area contributed by atoms with Crippen molar-refractivity contribution in [2.75, 3.05) is 0 Å². The van der Waals surface area contributed by atoms with Gasteiger partial charge >= 0.3 is 0 Å². The lowest BCUT2D eigenvalue weighted by Crippen LogP contribution is -2.58. The Morgan fingerprint density at radius 1 is 0.680 bits per heavy atom. The first-order chi connectivity index (χ1) is 10.9. The van der Waals surface area contributed by atoms with Gasteiger partial charge in [0.2, 0.25) is 0 Å². The molecule has 0 saturated carbocycles. The first-order valence-corrected chi connectivity index (χ1v) is 15.1. The third-order valence-corrected chi connectivity index (χ3v) is 18.9. The van der Waals surface area contributed by atoms with E-state index in [0.29, 0.717) is 10.1 Å². The predicted octanol–water partition coefficient (Wildman–Crippen LogP) is 7.09. The van der Waals surface area contributed by atoms with Gasteiger partial charge in [-0.25, -0.2) is 0 Å². The summed E-state index contributed by atoms with van der Waals surface area (Å²) in [6.07, 6.45) is 0. The van der Waals surface area contributed by atoms with Gasteiger partial charge in [0.05, 0.1) is 14.7 Å². The van der Waals surface area contributed by atoms with E-state index in [1.807, 2.05) is 0 Å². The van der Waals surface area contributed by atoms with E-state index in [4.69, 9.17) is 4.43 Å². The molecular weight excluding hydrogens is 336 g/mol. The van der Waals surface area contributed by atoms with Crippen LogP contribution in [0.3, 0.4) is 0 Å². The lowest BCUT2D eigenvalue weighted by molar-refractivity contribution is 0.276. The van der Waals surface area contributed by atoms with E-state index < -0.39 is 16.4 Å². The highest BCUT2D eigenvalue weighted by Crippen LogP contribution is 2.50. The van der Waals surface area contributed by atoms with Crippen molar-refractivity contribution in [3.63, 3.8) is 0 Å². The Labute approximate surface area is 159 Å². The molecule has 3 heteroatoms. The van der Waals surface area contributed by atoms with Crippen LogP contribution >= 0.6 is 0 Å². The van der Waals surface area contributed by atoms with Gasteiger partial charge in [-0.05, 0) is 33.8 Å². The molecule has 0 radical (unpaired) electrons. The Balaban J connectivity index is 3.07. The molecule has 0 bridgehead atoms. The van der Waals surface area contributed by atoms with Crippen molar-refractivity contribution >= 4 is 21.6 Å². The van der Waals surface area contributed by atoms with Crippen molar-refractivity contribution in [2.45, 2.75) is 104 Å². The van der Waals surface area contributed by atoms with Gasteiger partial charge in [0.1, 0.15) is 0 Å². The normalized spacial score (nSPS) is 14.7. The maximum absolute atomic E-state index is 6.39. The zero-order chi connectivity index (χ0) is 19.9. The molecule has 0 atom stereocenters. The molecule has 1 rings (SSSR count). The second-order valence-electron chi connectivity index (χ2n) is 11.4. The van der Waals surface area contributed by atoms with E-state index in [1.54, 1.807) is 5.19 Å². The largest absolute Gasteiger partial charge is 0.413 e. The van der Waals surface area contributed by atoms with Crippen LogP contribution in [0, 0.1) is 0 Å². The highest BCUT2D eigenvalue weighted by atomic mass is 28.4. The van der Waals surface area contributed by atoms with E-state index in [9.17, 15) is 0 Å². The van der Waals surface area contributed by atoms with Gasteiger partial charge in [0.15, 0.2) is 8.32 Å². The van der Waals surface area contributed by atoms with Crippen LogP contribution in [0.4, 0.5) is 0 Å². The smallest absolute Gasteiger partial charge is 0.192 e. The molecule has 0 saturated heterocycles. The summed E-state index contributed by atoms with van der Waals surface area (Å²) < 4.78 is 6.39. The predicted molar refractivity (Wildman–Crippen MR) is 119 cm³/mol. The van der Waals surface area contributed by atoms with E-state index in [-0.39, 0.29) is 5.04 Å². The van der Waals surface area contributed by atoms with Crippen molar-refractivity contribution in [3.8, 4) is 0 Å². The van der Waals surface area contributed by atoms with Gasteiger partial charge in [-0.15, -0.1) is 0 Å². The van der Waals surface area contributed by atoms with Crippen molar-refractivity contribution in [2.24, 2.45) is 0 Å². The van der Waals surface area contributed by atoms with Crippen LogP contribution in [0.2, 0.25) is 34.8 Å². The number of hydrogen-bond acceptors (Lipinski definition) is 1. The topological polar surface area (TPSA) is 9.23 Å². The molecule has 1 aromatic carbocycles. The fourth-order valence-corrected chi connectivity index (χ4v) is 9.18. The van der Waals surface area contributed by atoms with Crippen molar-refractivity contribution in [3.05, 3.63) is 29.8 Å². The summed E-state index contributed by atoms with van der Waals surface area (Å²) in [7, 11) is -3.36. The van der Waals surface area contributed by atoms with Crippen LogP contribution in [0.15, 0.2) is 24.3 Å². The minimum absolute atomic E-state index is 0.261. The zero-order valence-electron chi connectivity index (χ0n) is 18.9. The Morgan fingerprint density at radius 2 is 1.08 bits per heavy atom. The van der Waals surface area contributed by atoms with Crippen LogP contribution in [0.5, 0.6) is 0 Å². The van der Waals surface area contributed by atoms with Crippen LogP contribution in [0.25, 0.3) is 0 Å². The minimum Gasteiger partial charge on any atom is -0.413 e. The van der Waals surface area contributed by atoms with Crippen molar-refractivity contribution in [1.82, 2.24) is 0 Å². The third-order valence-electron chi connectivity index (χ3n) is 6.94. The summed E-state index contributed by atoms with van der Waals surface area (Å²) in [6.45, 7) is 29.3. The Bertz CT molecular complexity index is 552. The average Bonchev–Trinajstić information content (AvgIpc) is 2.41. The summed E-state index contributed by atoms with van der Waals surface area (Å²) in [5, 5.41) is 2.47. The Kier molecular flexibility index (Phi) is 6.32. The van der Waals surface area contributed by atoms with E-state index in [0.717, 1.165) is 6.61 Å². The summed E-state index contributed by atoms with van der Waals surface area (Å²) in [6, 6.07) is 9.36. The van der Waals surface area contributed by atoms with Crippen LogP contribution in [0.1, 0.15) is 67.9 Å². The molecule has 0 unspecified atom stereocenters. The third kappa shape index (κ3) is 4.67. The molecule has 0 aliphatic heterocycles. The lowest BCUT2D eigenvalue weighted by atomic mass is 10.2. The van der Waals surface area contributed by atoms with Gasteiger partial charge in [-0.3, -0.25) is 0 Å². The van der Waals surface area contributed by atoms with Gasteiger partial charge in [0, 0.05) is 0 Å². The van der Waals surface area contributed by atoms with Crippen molar-refractivity contribution < 1.29 is 4.43 Å². The number of hydrogen-bond donors (Lipinski definition) is 0. The first-order valence-electron chi connectivity index (χ1n) is 9.67. The van der Waals surface area contributed by atoms with Crippen LogP contribution in [-0.4, -0.2) is 16.4 Å². The second kappa shape index (κ2) is 6.97. The maximum Gasteiger partial charge on any atom is 0.192 e. The summed E-state index contributed by atoms with van der Waals surface area (Å²) in [5.74, 6) is 0. The summed E-state index contributed by atoms with van der Waals surface area (Å²) >= 11 is 0. The standard InChI is InChI=1S/C22H42OSi2/c1-20(2,3)24(10,11)23-17-18-13-15-19(16-14-18)25(12,21(4,5)6)22(7,8)9/h13-16H,17H2,1-12H3. The lowest BCUT2D eigenvalue weighted by Gasteiger charge is -2.50. The fraction of sp³-hybridized carbons (Fsp3) is 0.727. The molecule has 0 fully saturated rings. The highest BCUT2D eigenvalue weighted by Gasteiger charge is 2.50. The molecule has 0 spiro atoms. The molecular formula is C22H42OSi2. The van der Waals surface area contributed by atoms with Gasteiger partial charge in [0.25, 0.3) is 0 Å². The maximum atomic E-state index is 6.39. The second-order valence-corrected chi connectivity index (χ2v) is 22.0. The molecule has 25 heavy (non-hydrogen) atoms. The van der Waals surface area contributed by atoms with Gasteiger partial charge in [-0.1, -0.05) is 98.3 Å². The fourth-order valence-electron chi connectivity index (χ4n) is 3.41. The quantitative estimate of drug-likeness (QED) is 0.508. The monoisotopic (exact) mass is 378 g/mol. The van der Waals surface area contributed by atoms with E-state index in [2.05, 4.69) is 106 Å². The molecule has 0 aromatic heterocycles. The number of benzene rings is 1. The molecule has 0 amide bonds. The molecule has 1 nitrogen and oxygen atoms in total. The highest BCUT2D eigenvalue weighted by molar-refractivity contribution is 6.95.